The van der Waals surface area contributed by atoms with Gasteiger partial charge < -0.3 is 15.2 Å². The van der Waals surface area contributed by atoms with Gasteiger partial charge in [-0.3, -0.25) is 4.99 Å². The Morgan fingerprint density at radius 3 is 2.94 bits per heavy atom. The molecule has 0 bridgehead atoms. The molecule has 0 amide bonds. The zero-order chi connectivity index (χ0) is 13.0. The van der Waals surface area contributed by atoms with E-state index in [4.69, 9.17) is 0 Å². The summed E-state index contributed by atoms with van der Waals surface area (Å²) in [6.07, 6.45) is 2.23. The summed E-state index contributed by atoms with van der Waals surface area (Å²) < 4.78 is 2.20. The highest BCUT2D eigenvalue weighted by Crippen LogP contribution is 2.13. The maximum absolute atomic E-state index is 4.21. The number of hydrogen-bond donors (Lipinski definition) is 2. The number of guanidine groups is 1. The van der Waals surface area contributed by atoms with E-state index in [-0.39, 0.29) is 0 Å². The Kier molecular flexibility index (Phi) is 4.17. The molecule has 2 heterocycles. The van der Waals surface area contributed by atoms with E-state index in [0.29, 0.717) is 12.5 Å². The third-order valence-electron chi connectivity index (χ3n) is 3.00. The van der Waals surface area contributed by atoms with E-state index >= 15 is 0 Å². The fourth-order valence-corrected chi connectivity index (χ4v) is 2.03. The molecule has 1 aromatic rings. The van der Waals surface area contributed by atoms with Gasteiger partial charge in [-0.15, -0.1) is 10.2 Å². The van der Waals surface area contributed by atoms with Gasteiger partial charge in [0.25, 0.3) is 0 Å². The maximum atomic E-state index is 4.21. The molecule has 6 nitrogen and oxygen atoms in total. The number of hydrogen-bond acceptors (Lipinski definition) is 3. The molecule has 1 aliphatic heterocycles. The largest absolute Gasteiger partial charge is 0.356 e. The number of aliphatic imine (C=N–C) groups is 1. The van der Waals surface area contributed by atoms with Gasteiger partial charge in [-0.25, -0.2) is 0 Å². The van der Waals surface area contributed by atoms with Crippen LogP contribution in [-0.2, 0) is 19.5 Å². The third-order valence-corrected chi connectivity index (χ3v) is 3.00. The summed E-state index contributed by atoms with van der Waals surface area (Å²) in [5.74, 6) is 3.52. The second-order valence-corrected chi connectivity index (χ2v) is 4.99. The van der Waals surface area contributed by atoms with Gasteiger partial charge in [-0.2, -0.15) is 0 Å². The van der Waals surface area contributed by atoms with E-state index < -0.39 is 0 Å². The topological polar surface area (TPSA) is 67.1 Å². The maximum Gasteiger partial charge on any atom is 0.191 e. The molecule has 100 valence electrons. The molecule has 0 unspecified atom stereocenters. The van der Waals surface area contributed by atoms with Crippen LogP contribution >= 0.6 is 0 Å². The Morgan fingerprint density at radius 1 is 1.39 bits per heavy atom. The van der Waals surface area contributed by atoms with Crippen molar-refractivity contribution in [2.45, 2.75) is 39.8 Å². The third kappa shape index (κ3) is 3.00. The van der Waals surface area contributed by atoms with E-state index in [1.54, 1.807) is 7.05 Å². The zero-order valence-electron chi connectivity index (χ0n) is 11.4. The van der Waals surface area contributed by atoms with Crippen LogP contribution in [0.4, 0.5) is 0 Å². The Labute approximate surface area is 108 Å². The van der Waals surface area contributed by atoms with Crippen molar-refractivity contribution < 1.29 is 0 Å². The van der Waals surface area contributed by atoms with Crippen molar-refractivity contribution in [1.29, 1.82) is 0 Å². The van der Waals surface area contributed by atoms with Crippen LogP contribution in [0.5, 0.6) is 0 Å². The number of aryl methyl sites for hydroxylation is 1. The minimum Gasteiger partial charge on any atom is -0.356 e. The Hall–Kier alpha value is -1.59. The smallest absolute Gasteiger partial charge is 0.191 e. The highest BCUT2D eigenvalue weighted by Gasteiger charge is 2.16. The summed E-state index contributed by atoms with van der Waals surface area (Å²) in [6.45, 7) is 6.97. The minimum absolute atomic E-state index is 0.598. The van der Waals surface area contributed by atoms with Crippen molar-refractivity contribution in [1.82, 2.24) is 25.4 Å². The van der Waals surface area contributed by atoms with Crippen LogP contribution in [0.2, 0.25) is 0 Å². The van der Waals surface area contributed by atoms with Crippen LogP contribution < -0.4 is 10.6 Å². The van der Waals surface area contributed by atoms with Gasteiger partial charge in [-0.05, 0) is 12.3 Å². The predicted molar refractivity (Wildman–Crippen MR) is 71.4 cm³/mol. The van der Waals surface area contributed by atoms with Crippen molar-refractivity contribution in [2.24, 2.45) is 10.9 Å². The summed E-state index contributed by atoms with van der Waals surface area (Å²) in [4.78, 5) is 4.19. The Balaban J connectivity index is 1.86. The normalized spacial score (nSPS) is 15.0. The molecule has 0 aromatic carbocycles. The number of nitrogens with one attached hydrogen (secondary N) is 2. The number of rotatable bonds is 4. The zero-order valence-corrected chi connectivity index (χ0v) is 11.4. The Bertz CT molecular complexity index is 420. The van der Waals surface area contributed by atoms with E-state index in [2.05, 4.69) is 44.2 Å². The lowest BCUT2D eigenvalue weighted by Gasteiger charge is -2.13. The molecule has 1 aromatic heterocycles. The predicted octanol–water partition coefficient (Wildman–Crippen LogP) is 0.545. The fourth-order valence-electron chi connectivity index (χ4n) is 2.03. The Morgan fingerprint density at radius 2 is 2.22 bits per heavy atom. The molecular weight excluding hydrogens is 228 g/mol. The van der Waals surface area contributed by atoms with Crippen molar-refractivity contribution >= 4 is 5.96 Å². The van der Waals surface area contributed by atoms with Crippen molar-refractivity contribution in [2.75, 3.05) is 13.6 Å². The molecular formula is C12H22N6. The molecule has 2 N–H and O–H groups in total. The molecule has 18 heavy (non-hydrogen) atoms. The first-order valence-electron chi connectivity index (χ1n) is 6.56. The summed E-state index contributed by atoms with van der Waals surface area (Å²) in [5.41, 5.74) is 0. The number of nitrogens with zero attached hydrogens (tertiary/aromatic N) is 4. The van der Waals surface area contributed by atoms with Crippen LogP contribution in [-0.4, -0.2) is 34.3 Å². The van der Waals surface area contributed by atoms with Crippen LogP contribution in [0.3, 0.4) is 0 Å². The first kappa shape index (κ1) is 12.9. The molecule has 0 saturated heterocycles. The van der Waals surface area contributed by atoms with Crippen LogP contribution in [0, 0.1) is 5.92 Å². The van der Waals surface area contributed by atoms with E-state index in [1.807, 2.05) is 0 Å². The monoisotopic (exact) mass is 250 g/mol. The van der Waals surface area contributed by atoms with E-state index in [1.165, 1.54) is 6.42 Å². The number of aromatic nitrogens is 3. The van der Waals surface area contributed by atoms with Crippen molar-refractivity contribution in [3.05, 3.63) is 11.6 Å². The highest BCUT2D eigenvalue weighted by atomic mass is 15.3. The molecule has 1 aliphatic rings. The van der Waals surface area contributed by atoms with Crippen LogP contribution in [0.25, 0.3) is 0 Å². The first-order chi connectivity index (χ1) is 8.70. The molecule has 0 saturated carbocycles. The lowest BCUT2D eigenvalue weighted by Crippen LogP contribution is -2.39. The SMILES string of the molecule is CN=C(NCc1nnc2n1CCC2)NCC(C)C. The summed E-state index contributed by atoms with van der Waals surface area (Å²) in [5, 5.41) is 14.9. The van der Waals surface area contributed by atoms with Gasteiger partial charge in [0.1, 0.15) is 5.82 Å². The van der Waals surface area contributed by atoms with Crippen molar-refractivity contribution in [3.8, 4) is 0 Å². The molecule has 0 radical (unpaired) electrons. The molecule has 0 aliphatic carbocycles. The number of fused-ring (bicyclic) bond motifs is 1. The minimum atomic E-state index is 0.598. The molecule has 0 spiro atoms. The average Bonchev–Trinajstić information content (AvgIpc) is 2.92. The summed E-state index contributed by atoms with van der Waals surface area (Å²) in [6, 6.07) is 0. The molecule has 6 heteroatoms. The lowest BCUT2D eigenvalue weighted by atomic mass is 10.2. The van der Waals surface area contributed by atoms with E-state index in [9.17, 15) is 0 Å². The van der Waals surface area contributed by atoms with Gasteiger partial charge in [0, 0.05) is 26.6 Å². The molecule has 2 rings (SSSR count). The summed E-state index contributed by atoms with van der Waals surface area (Å²) >= 11 is 0. The van der Waals surface area contributed by atoms with E-state index in [0.717, 1.165) is 37.1 Å². The van der Waals surface area contributed by atoms with Gasteiger partial charge in [-0.1, -0.05) is 13.8 Å². The summed E-state index contributed by atoms with van der Waals surface area (Å²) in [7, 11) is 1.78. The van der Waals surface area contributed by atoms with Gasteiger partial charge in [0.05, 0.1) is 6.54 Å². The molecule has 0 fully saturated rings. The van der Waals surface area contributed by atoms with Crippen LogP contribution in [0.15, 0.2) is 4.99 Å². The first-order valence-corrected chi connectivity index (χ1v) is 6.56. The second-order valence-electron chi connectivity index (χ2n) is 4.99. The highest BCUT2D eigenvalue weighted by molar-refractivity contribution is 5.79. The molecule has 0 atom stereocenters. The van der Waals surface area contributed by atoms with Crippen molar-refractivity contribution in [3.63, 3.8) is 0 Å². The average molecular weight is 250 g/mol. The van der Waals surface area contributed by atoms with Gasteiger partial charge >= 0.3 is 0 Å². The van der Waals surface area contributed by atoms with Gasteiger partial charge in [0.15, 0.2) is 11.8 Å². The van der Waals surface area contributed by atoms with Gasteiger partial charge in [0.2, 0.25) is 0 Å². The van der Waals surface area contributed by atoms with Crippen LogP contribution in [0.1, 0.15) is 31.9 Å². The lowest BCUT2D eigenvalue weighted by molar-refractivity contribution is 0.608. The second kappa shape index (κ2) is 5.84. The fraction of sp³-hybridized carbons (Fsp3) is 0.750. The quantitative estimate of drug-likeness (QED) is 0.605. The standard InChI is InChI=1S/C12H22N6/c1-9(2)7-14-12(13-3)15-8-11-17-16-10-5-4-6-18(10)11/h9H,4-8H2,1-3H3,(H2,13,14,15).